The van der Waals surface area contributed by atoms with E-state index in [0.29, 0.717) is 6.04 Å². The van der Waals surface area contributed by atoms with Crippen LogP contribution in [0.3, 0.4) is 0 Å². The van der Waals surface area contributed by atoms with Crippen LogP contribution in [0, 0.1) is 11.8 Å². The molecular weight excluding hydrogens is 390 g/mol. The standard InChI is InChI=1S/C21H31N3O4S/c1-12-17-16(13(2)25)20(26)24(17)18(21(27)28)19(12)29-15-10-14(22-11-15)6-5-9-23-7-3-4-8-23/h5-6,12-17,22,25H,3-4,7-11H2,1-2H3,(H,27,28)/b6-5-/t12-,13-,14-,15+,16-,17-/m1/s1. The quantitative estimate of drug-likeness (QED) is 0.421. The van der Waals surface area contributed by atoms with E-state index in [1.807, 2.05) is 6.92 Å². The Balaban J connectivity index is 1.39. The number of carboxylic acid groups (broad SMARTS) is 1. The third-order valence-electron chi connectivity index (χ3n) is 6.66. The minimum Gasteiger partial charge on any atom is -0.477 e. The molecule has 0 aromatic carbocycles. The first kappa shape index (κ1) is 20.9. The van der Waals surface area contributed by atoms with E-state index in [-0.39, 0.29) is 28.8 Å². The van der Waals surface area contributed by atoms with Gasteiger partial charge in [-0.1, -0.05) is 19.1 Å². The highest BCUT2D eigenvalue weighted by Crippen LogP contribution is 2.51. The lowest BCUT2D eigenvalue weighted by Gasteiger charge is -2.46. The van der Waals surface area contributed by atoms with E-state index in [1.54, 1.807) is 18.7 Å². The SMILES string of the molecule is C[C@@H](O)[C@H]1C(=O)N2C(C(=O)O)=C(S[C@@H]3CN[C@H](/C=C\CN4CCCC4)C3)[C@H](C)[C@H]12. The molecule has 3 saturated heterocycles. The average molecular weight is 422 g/mol. The van der Waals surface area contributed by atoms with Crippen LogP contribution in [0.4, 0.5) is 0 Å². The number of aliphatic hydroxyl groups excluding tert-OH is 1. The number of rotatable bonds is 7. The van der Waals surface area contributed by atoms with Gasteiger partial charge in [-0.15, -0.1) is 11.8 Å². The number of hydrogen-bond donors (Lipinski definition) is 3. The number of nitrogens with one attached hydrogen (secondary N) is 1. The molecule has 4 heterocycles. The van der Waals surface area contributed by atoms with Crippen LogP contribution >= 0.6 is 11.8 Å². The van der Waals surface area contributed by atoms with E-state index in [1.165, 1.54) is 30.8 Å². The highest BCUT2D eigenvalue weighted by molar-refractivity contribution is 8.03. The molecule has 4 aliphatic heterocycles. The second-order valence-corrected chi connectivity index (χ2v) is 10.0. The van der Waals surface area contributed by atoms with E-state index < -0.39 is 18.0 Å². The van der Waals surface area contributed by atoms with Crippen molar-refractivity contribution in [3.05, 3.63) is 22.8 Å². The van der Waals surface area contributed by atoms with Crippen molar-refractivity contribution in [1.29, 1.82) is 0 Å². The van der Waals surface area contributed by atoms with Gasteiger partial charge in [0.1, 0.15) is 5.70 Å². The van der Waals surface area contributed by atoms with E-state index in [2.05, 4.69) is 22.4 Å². The molecule has 4 aliphatic rings. The van der Waals surface area contributed by atoms with Crippen LogP contribution in [0.5, 0.6) is 0 Å². The van der Waals surface area contributed by atoms with Gasteiger partial charge in [0, 0.05) is 35.2 Å². The van der Waals surface area contributed by atoms with Gasteiger partial charge >= 0.3 is 5.97 Å². The zero-order valence-electron chi connectivity index (χ0n) is 17.1. The van der Waals surface area contributed by atoms with Crippen LogP contribution in [-0.4, -0.2) is 81.5 Å². The molecule has 0 aromatic rings. The molecule has 160 valence electrons. The first-order valence-electron chi connectivity index (χ1n) is 10.7. The number of likely N-dealkylation sites (tertiary alicyclic amines) is 1. The summed E-state index contributed by atoms with van der Waals surface area (Å²) in [6.45, 7) is 7.79. The molecule has 0 aliphatic carbocycles. The summed E-state index contributed by atoms with van der Waals surface area (Å²) in [6, 6.07) is 0.0752. The van der Waals surface area contributed by atoms with Crippen LogP contribution in [0.2, 0.25) is 0 Å². The number of fused-ring (bicyclic) bond motifs is 1. The Labute approximate surface area is 176 Å². The largest absolute Gasteiger partial charge is 0.477 e. The number of amides is 1. The van der Waals surface area contributed by atoms with Gasteiger partial charge in [-0.25, -0.2) is 4.79 Å². The molecule has 3 N–H and O–H groups in total. The van der Waals surface area contributed by atoms with Crippen LogP contribution in [-0.2, 0) is 9.59 Å². The maximum atomic E-state index is 12.4. The van der Waals surface area contributed by atoms with Crippen molar-refractivity contribution < 1.29 is 19.8 Å². The number of carboxylic acids is 1. The fourth-order valence-corrected chi connectivity index (χ4v) is 6.66. The molecule has 0 saturated carbocycles. The normalized spacial score (nSPS) is 36.2. The van der Waals surface area contributed by atoms with E-state index in [4.69, 9.17) is 0 Å². The van der Waals surface area contributed by atoms with Crippen molar-refractivity contribution in [2.24, 2.45) is 11.8 Å². The van der Waals surface area contributed by atoms with Crippen molar-refractivity contribution >= 4 is 23.6 Å². The Hall–Kier alpha value is -1.35. The lowest BCUT2D eigenvalue weighted by molar-refractivity contribution is -0.163. The van der Waals surface area contributed by atoms with Gasteiger partial charge < -0.3 is 20.4 Å². The van der Waals surface area contributed by atoms with Crippen molar-refractivity contribution in [2.75, 3.05) is 26.2 Å². The van der Waals surface area contributed by atoms with Crippen molar-refractivity contribution in [2.45, 2.75) is 56.5 Å². The molecule has 0 unspecified atom stereocenters. The molecular formula is C21H31N3O4S. The highest BCUT2D eigenvalue weighted by atomic mass is 32.2. The third-order valence-corrected chi connectivity index (χ3v) is 8.17. The zero-order chi connectivity index (χ0) is 20.7. The summed E-state index contributed by atoms with van der Waals surface area (Å²) >= 11 is 1.60. The van der Waals surface area contributed by atoms with Crippen LogP contribution in [0.15, 0.2) is 22.8 Å². The number of thioether (sulfide) groups is 1. The number of carbonyl (C=O) groups excluding carboxylic acids is 1. The minimum absolute atomic E-state index is 0.0619. The molecule has 6 atom stereocenters. The van der Waals surface area contributed by atoms with Gasteiger partial charge in [0.25, 0.3) is 0 Å². The Kier molecular flexibility index (Phi) is 6.06. The second-order valence-electron chi connectivity index (χ2n) is 8.70. The summed E-state index contributed by atoms with van der Waals surface area (Å²) in [7, 11) is 0. The van der Waals surface area contributed by atoms with Gasteiger partial charge in [-0.2, -0.15) is 0 Å². The Morgan fingerprint density at radius 3 is 2.76 bits per heavy atom. The summed E-state index contributed by atoms with van der Waals surface area (Å²) in [5.41, 5.74) is 0.127. The van der Waals surface area contributed by atoms with Crippen LogP contribution in [0.25, 0.3) is 0 Å². The van der Waals surface area contributed by atoms with Crippen molar-refractivity contribution in [1.82, 2.24) is 15.1 Å². The topological polar surface area (TPSA) is 93.1 Å². The molecule has 4 rings (SSSR count). The maximum Gasteiger partial charge on any atom is 0.353 e. The maximum absolute atomic E-state index is 12.4. The molecule has 7 nitrogen and oxygen atoms in total. The number of β-lactam (4-membered cyclic amide) rings is 1. The van der Waals surface area contributed by atoms with Gasteiger partial charge in [-0.05, 0) is 39.3 Å². The van der Waals surface area contributed by atoms with E-state index in [9.17, 15) is 19.8 Å². The van der Waals surface area contributed by atoms with Crippen molar-refractivity contribution in [3.8, 4) is 0 Å². The Morgan fingerprint density at radius 1 is 1.38 bits per heavy atom. The lowest BCUT2D eigenvalue weighted by atomic mass is 9.79. The van der Waals surface area contributed by atoms with E-state index >= 15 is 0 Å². The van der Waals surface area contributed by atoms with Gasteiger partial charge in [-0.3, -0.25) is 9.69 Å². The third kappa shape index (κ3) is 3.87. The molecule has 1 amide bonds. The predicted octanol–water partition coefficient (Wildman–Crippen LogP) is 1.26. The van der Waals surface area contributed by atoms with Gasteiger partial charge in [0.15, 0.2) is 0 Å². The summed E-state index contributed by atoms with van der Waals surface area (Å²) in [4.78, 5) is 29.0. The number of hydrogen-bond acceptors (Lipinski definition) is 6. The van der Waals surface area contributed by atoms with E-state index in [0.717, 1.165) is 24.4 Å². The number of aliphatic carboxylic acids is 1. The minimum atomic E-state index is -1.05. The molecule has 8 heteroatoms. The summed E-state index contributed by atoms with van der Waals surface area (Å²) in [5, 5.41) is 23.5. The predicted molar refractivity (Wildman–Crippen MR) is 112 cm³/mol. The fourth-order valence-electron chi connectivity index (χ4n) is 5.17. The van der Waals surface area contributed by atoms with Crippen LogP contribution in [0.1, 0.15) is 33.1 Å². The lowest BCUT2D eigenvalue weighted by Crippen LogP contribution is -2.63. The number of aliphatic hydroxyl groups is 1. The molecule has 0 bridgehead atoms. The molecule has 0 spiro atoms. The molecule has 3 fully saturated rings. The molecule has 0 radical (unpaired) electrons. The van der Waals surface area contributed by atoms with Crippen molar-refractivity contribution in [3.63, 3.8) is 0 Å². The molecule has 29 heavy (non-hydrogen) atoms. The first-order chi connectivity index (χ1) is 13.9. The average Bonchev–Trinajstić information content (AvgIpc) is 3.37. The summed E-state index contributed by atoms with van der Waals surface area (Å²) in [6.07, 6.45) is 7.26. The number of carbonyl (C=O) groups is 2. The van der Waals surface area contributed by atoms with Crippen LogP contribution < -0.4 is 5.32 Å². The monoisotopic (exact) mass is 421 g/mol. The Morgan fingerprint density at radius 2 is 2.10 bits per heavy atom. The van der Waals surface area contributed by atoms with Gasteiger partial charge in [0.2, 0.25) is 5.91 Å². The zero-order valence-corrected chi connectivity index (χ0v) is 17.9. The summed E-state index contributed by atoms with van der Waals surface area (Å²) < 4.78 is 0. The van der Waals surface area contributed by atoms with Gasteiger partial charge in [0.05, 0.1) is 18.1 Å². The molecule has 0 aromatic heterocycles. The highest BCUT2D eigenvalue weighted by Gasteiger charge is 2.60. The number of nitrogens with zero attached hydrogens (tertiary/aromatic N) is 2. The second kappa shape index (κ2) is 8.41. The summed E-state index contributed by atoms with van der Waals surface area (Å²) in [5.74, 6) is -1.88. The fraction of sp³-hybridized carbons (Fsp3) is 0.714. The Bertz CT molecular complexity index is 731. The smallest absolute Gasteiger partial charge is 0.353 e. The first-order valence-corrected chi connectivity index (χ1v) is 11.5.